The summed E-state index contributed by atoms with van der Waals surface area (Å²) in [4.78, 5) is 20.9. The predicted molar refractivity (Wildman–Crippen MR) is 57.5 cm³/mol. The normalized spacial score (nSPS) is 15.9. The third kappa shape index (κ3) is 1.82. The summed E-state index contributed by atoms with van der Waals surface area (Å²) in [5.41, 5.74) is 6.15. The van der Waals surface area contributed by atoms with E-state index in [1.807, 2.05) is 11.8 Å². The molecule has 1 fully saturated rings. The summed E-state index contributed by atoms with van der Waals surface area (Å²) >= 11 is 0. The molecule has 1 aromatic heterocycles. The first-order valence-corrected chi connectivity index (χ1v) is 5.36. The summed E-state index contributed by atoms with van der Waals surface area (Å²) in [5, 5.41) is 0. The number of rotatable bonds is 2. The Hall–Kier alpha value is -1.52. The van der Waals surface area contributed by atoms with Gasteiger partial charge in [0.25, 0.3) is 5.91 Å². The van der Waals surface area contributed by atoms with Gasteiger partial charge >= 0.3 is 0 Å². The quantitative estimate of drug-likeness (QED) is 0.754. The zero-order chi connectivity index (χ0) is 10.8. The van der Waals surface area contributed by atoms with Crippen LogP contribution in [0, 0.1) is 0 Å². The summed E-state index contributed by atoms with van der Waals surface area (Å²) < 4.78 is 0. The van der Waals surface area contributed by atoms with Gasteiger partial charge in [0.2, 0.25) is 0 Å². The van der Waals surface area contributed by atoms with Gasteiger partial charge in [0.05, 0.1) is 0 Å². The van der Waals surface area contributed by atoms with Gasteiger partial charge < -0.3 is 15.6 Å². The second kappa shape index (κ2) is 3.92. The number of hydrogen-bond donors (Lipinski definition) is 2. The molecule has 1 amide bonds. The number of carbonyl (C=O) groups excluding carboxylic acids is 1. The number of H-pyrrole nitrogens is 1. The van der Waals surface area contributed by atoms with Crippen molar-refractivity contribution in [3.63, 3.8) is 0 Å². The maximum absolute atomic E-state index is 12.0. The predicted octanol–water partition coefficient (Wildman–Crippen LogP) is 0.790. The highest BCUT2D eigenvalue weighted by Gasteiger charge is 2.23. The summed E-state index contributed by atoms with van der Waals surface area (Å²) in [7, 11) is 0. The van der Waals surface area contributed by atoms with Gasteiger partial charge in [-0.05, 0) is 12.8 Å². The van der Waals surface area contributed by atoms with Crippen molar-refractivity contribution in [2.75, 3.05) is 18.8 Å². The van der Waals surface area contributed by atoms with Gasteiger partial charge in [0, 0.05) is 19.5 Å². The lowest BCUT2D eigenvalue weighted by Crippen LogP contribution is -2.28. The number of likely N-dealkylation sites (tertiary alicyclic amines) is 1. The fraction of sp³-hybridized carbons (Fsp3) is 0.600. The summed E-state index contributed by atoms with van der Waals surface area (Å²) in [6.45, 7) is 3.64. The van der Waals surface area contributed by atoms with Crippen LogP contribution in [0.25, 0.3) is 0 Å². The van der Waals surface area contributed by atoms with Gasteiger partial charge in [0.1, 0.15) is 11.5 Å². The molecule has 0 radical (unpaired) electrons. The van der Waals surface area contributed by atoms with E-state index < -0.39 is 0 Å². The van der Waals surface area contributed by atoms with Gasteiger partial charge in [-0.3, -0.25) is 4.79 Å². The van der Waals surface area contributed by atoms with Gasteiger partial charge in [-0.25, -0.2) is 4.98 Å². The van der Waals surface area contributed by atoms with Crippen LogP contribution in [0.1, 0.15) is 36.1 Å². The smallest absolute Gasteiger partial charge is 0.274 e. The fourth-order valence-corrected chi connectivity index (χ4v) is 1.85. The number of amides is 1. The number of aryl methyl sites for hydroxylation is 1. The largest absolute Gasteiger partial charge is 0.382 e. The van der Waals surface area contributed by atoms with E-state index in [-0.39, 0.29) is 5.91 Å². The summed E-state index contributed by atoms with van der Waals surface area (Å²) in [5.74, 6) is 1.08. The Bertz CT molecular complexity index is 365. The minimum atomic E-state index is -0.0165. The molecule has 0 aromatic carbocycles. The number of nitrogens with one attached hydrogen (secondary N) is 1. The lowest BCUT2D eigenvalue weighted by Gasteiger charge is -2.13. The molecule has 0 saturated carbocycles. The van der Waals surface area contributed by atoms with Crippen LogP contribution >= 0.6 is 0 Å². The number of nitrogen functional groups attached to an aromatic ring is 1. The van der Waals surface area contributed by atoms with E-state index in [0.29, 0.717) is 11.5 Å². The zero-order valence-electron chi connectivity index (χ0n) is 8.92. The van der Waals surface area contributed by atoms with Crippen molar-refractivity contribution in [1.82, 2.24) is 14.9 Å². The number of anilines is 1. The molecule has 1 aromatic rings. The first-order valence-electron chi connectivity index (χ1n) is 5.36. The number of nitrogens with zero attached hydrogens (tertiary/aromatic N) is 2. The van der Waals surface area contributed by atoms with Crippen molar-refractivity contribution in [2.45, 2.75) is 26.2 Å². The third-order valence-electron chi connectivity index (χ3n) is 2.72. The van der Waals surface area contributed by atoms with Crippen molar-refractivity contribution in [2.24, 2.45) is 0 Å². The molecule has 2 heterocycles. The molecular formula is C10H16N4O. The Balaban J connectivity index is 2.20. The number of aromatic nitrogens is 2. The highest BCUT2D eigenvalue weighted by molar-refractivity contribution is 5.96. The molecule has 15 heavy (non-hydrogen) atoms. The Kier molecular flexibility index (Phi) is 2.62. The molecule has 2 rings (SSSR count). The maximum Gasteiger partial charge on any atom is 0.274 e. The summed E-state index contributed by atoms with van der Waals surface area (Å²) in [6, 6.07) is 0. The fourth-order valence-electron chi connectivity index (χ4n) is 1.85. The van der Waals surface area contributed by atoms with E-state index in [4.69, 9.17) is 5.73 Å². The molecule has 0 unspecified atom stereocenters. The molecule has 0 aliphatic carbocycles. The number of carbonyl (C=O) groups is 1. The third-order valence-corrected chi connectivity index (χ3v) is 2.72. The first kappa shape index (κ1) is 10.0. The molecule has 1 saturated heterocycles. The van der Waals surface area contributed by atoms with Crippen LogP contribution in [0.4, 0.5) is 5.82 Å². The highest BCUT2D eigenvalue weighted by atomic mass is 16.2. The lowest BCUT2D eigenvalue weighted by atomic mass is 10.4. The van der Waals surface area contributed by atoms with E-state index in [9.17, 15) is 4.79 Å². The molecule has 0 bridgehead atoms. The topological polar surface area (TPSA) is 75.0 Å². The average Bonchev–Trinajstić information content (AvgIpc) is 2.85. The molecule has 0 spiro atoms. The molecule has 82 valence electrons. The lowest BCUT2D eigenvalue weighted by molar-refractivity contribution is 0.0788. The van der Waals surface area contributed by atoms with E-state index >= 15 is 0 Å². The zero-order valence-corrected chi connectivity index (χ0v) is 8.92. The minimum Gasteiger partial charge on any atom is -0.382 e. The van der Waals surface area contributed by atoms with Gasteiger partial charge in [0.15, 0.2) is 5.82 Å². The highest BCUT2D eigenvalue weighted by Crippen LogP contribution is 2.16. The molecule has 1 aliphatic rings. The molecule has 1 aliphatic heterocycles. The van der Waals surface area contributed by atoms with Gasteiger partial charge in [-0.1, -0.05) is 6.92 Å². The minimum absolute atomic E-state index is 0.0165. The van der Waals surface area contributed by atoms with Crippen molar-refractivity contribution in [1.29, 1.82) is 0 Å². The summed E-state index contributed by atoms with van der Waals surface area (Å²) in [6.07, 6.45) is 2.93. The Morgan fingerprint density at radius 1 is 1.53 bits per heavy atom. The second-order valence-electron chi connectivity index (χ2n) is 3.80. The Morgan fingerprint density at radius 3 is 2.73 bits per heavy atom. The number of hydrogen-bond acceptors (Lipinski definition) is 3. The van der Waals surface area contributed by atoms with E-state index in [2.05, 4.69) is 9.97 Å². The first-order chi connectivity index (χ1) is 7.22. The SMILES string of the molecule is CCc1nc(N)c(C(=O)N2CCCC2)[nH]1. The maximum atomic E-state index is 12.0. The van der Waals surface area contributed by atoms with Crippen molar-refractivity contribution >= 4 is 11.7 Å². The van der Waals surface area contributed by atoms with Crippen LogP contribution in [-0.2, 0) is 6.42 Å². The van der Waals surface area contributed by atoms with Crippen molar-refractivity contribution in [3.8, 4) is 0 Å². The van der Waals surface area contributed by atoms with Crippen LogP contribution in [0.5, 0.6) is 0 Å². The van der Waals surface area contributed by atoms with Crippen LogP contribution in [0.2, 0.25) is 0 Å². The van der Waals surface area contributed by atoms with Crippen LogP contribution < -0.4 is 5.73 Å². The standard InChI is InChI=1S/C10H16N4O/c1-2-7-12-8(9(11)13-7)10(15)14-5-3-4-6-14/h2-6,11H2,1H3,(H,12,13). The molecule has 0 atom stereocenters. The Morgan fingerprint density at radius 2 is 2.20 bits per heavy atom. The van der Waals surface area contributed by atoms with E-state index in [1.165, 1.54) is 0 Å². The number of nitrogens with two attached hydrogens (primary N) is 1. The van der Waals surface area contributed by atoms with Crippen LogP contribution in [-0.4, -0.2) is 33.9 Å². The van der Waals surface area contributed by atoms with Crippen LogP contribution in [0.15, 0.2) is 0 Å². The monoisotopic (exact) mass is 208 g/mol. The van der Waals surface area contributed by atoms with Gasteiger partial charge in [-0.15, -0.1) is 0 Å². The van der Waals surface area contributed by atoms with E-state index in [0.717, 1.165) is 38.2 Å². The van der Waals surface area contributed by atoms with Gasteiger partial charge in [-0.2, -0.15) is 0 Å². The van der Waals surface area contributed by atoms with Crippen LogP contribution in [0.3, 0.4) is 0 Å². The molecule has 3 N–H and O–H groups in total. The number of imidazole rings is 1. The second-order valence-corrected chi connectivity index (χ2v) is 3.80. The Labute approximate surface area is 88.7 Å². The van der Waals surface area contributed by atoms with E-state index in [1.54, 1.807) is 0 Å². The number of aromatic amines is 1. The van der Waals surface area contributed by atoms with Crippen molar-refractivity contribution in [3.05, 3.63) is 11.5 Å². The molecule has 5 nitrogen and oxygen atoms in total. The van der Waals surface area contributed by atoms with Crippen molar-refractivity contribution < 1.29 is 4.79 Å². The molecular weight excluding hydrogens is 192 g/mol. The molecule has 5 heteroatoms. The average molecular weight is 208 g/mol.